The summed E-state index contributed by atoms with van der Waals surface area (Å²) >= 11 is 0. The van der Waals surface area contributed by atoms with Crippen LogP contribution in [-0.4, -0.2) is 76.3 Å². The number of halogens is 4. The van der Waals surface area contributed by atoms with Crippen molar-refractivity contribution >= 4 is 17.7 Å². The van der Waals surface area contributed by atoms with E-state index >= 15 is 0 Å². The average molecular weight is 645 g/mol. The van der Waals surface area contributed by atoms with Crippen molar-refractivity contribution in [1.29, 1.82) is 0 Å². The Labute approximate surface area is 261 Å². The first kappa shape index (κ1) is 32.8. The van der Waals surface area contributed by atoms with E-state index in [2.05, 4.69) is 15.6 Å². The summed E-state index contributed by atoms with van der Waals surface area (Å²) in [6, 6.07) is 9.68. The van der Waals surface area contributed by atoms with Crippen molar-refractivity contribution < 1.29 is 46.9 Å². The van der Waals surface area contributed by atoms with E-state index in [9.17, 15) is 42.2 Å². The lowest BCUT2D eigenvalue weighted by Gasteiger charge is -2.32. The quantitative estimate of drug-likeness (QED) is 0.276. The topological polar surface area (TPSA) is 141 Å². The fourth-order valence-electron chi connectivity index (χ4n) is 5.33. The van der Waals surface area contributed by atoms with E-state index in [1.165, 1.54) is 56.0 Å². The van der Waals surface area contributed by atoms with Crippen LogP contribution in [0.4, 0.5) is 17.6 Å². The van der Waals surface area contributed by atoms with Crippen molar-refractivity contribution in [1.82, 2.24) is 20.5 Å². The Bertz CT molecular complexity index is 1720. The number of carbonyl (C=O) groups excluding carboxylic acids is 3. The third-order valence-corrected chi connectivity index (χ3v) is 8.12. The number of fused-ring (bicyclic) bond motifs is 2. The van der Waals surface area contributed by atoms with E-state index in [4.69, 9.17) is 4.74 Å². The number of aromatic nitrogens is 1. The molecule has 2 aliphatic rings. The molecular weight excluding hydrogens is 612 g/mol. The molecule has 4 N–H and O–H groups in total. The zero-order valence-corrected chi connectivity index (χ0v) is 25.4. The smallest absolute Gasteiger partial charge is 0.424 e. The molecule has 0 fully saturated rings. The monoisotopic (exact) mass is 644 g/mol. The molecule has 2 aliphatic heterocycles. The van der Waals surface area contributed by atoms with Crippen LogP contribution < -0.4 is 15.4 Å². The van der Waals surface area contributed by atoms with Crippen molar-refractivity contribution in [3.8, 4) is 17.0 Å². The number of aliphatic hydroxyl groups is 2. The lowest BCUT2D eigenvalue weighted by molar-refractivity contribution is -0.265. The molecule has 1 aromatic heterocycles. The molecule has 0 aliphatic carbocycles. The molecule has 1 unspecified atom stereocenters. The van der Waals surface area contributed by atoms with Gasteiger partial charge in [-0.15, -0.1) is 0 Å². The number of hydrogen-bond acceptors (Lipinski definition) is 7. The number of alkyl halides is 3. The van der Waals surface area contributed by atoms with Gasteiger partial charge in [0.1, 0.15) is 29.3 Å². The molecule has 0 spiro atoms. The second-order valence-electron chi connectivity index (χ2n) is 12.4. The zero-order chi connectivity index (χ0) is 33.8. The van der Waals surface area contributed by atoms with E-state index in [-0.39, 0.29) is 53.7 Å². The fraction of sp³-hybridized carbons (Fsp3) is 0.375. The van der Waals surface area contributed by atoms with E-state index in [0.717, 1.165) is 18.2 Å². The van der Waals surface area contributed by atoms with E-state index in [0.29, 0.717) is 11.1 Å². The minimum absolute atomic E-state index is 0.0234. The van der Waals surface area contributed by atoms with Gasteiger partial charge in [-0.1, -0.05) is 0 Å². The highest BCUT2D eigenvalue weighted by molar-refractivity contribution is 6.01. The highest BCUT2D eigenvalue weighted by Gasteiger charge is 2.58. The van der Waals surface area contributed by atoms with Crippen LogP contribution >= 0.6 is 0 Å². The molecule has 0 bridgehead atoms. The summed E-state index contributed by atoms with van der Waals surface area (Å²) in [6.07, 6.45) is -5.38. The van der Waals surface area contributed by atoms with Crippen LogP contribution in [0.15, 0.2) is 48.5 Å². The molecule has 0 saturated heterocycles. The van der Waals surface area contributed by atoms with Gasteiger partial charge < -0.3 is 30.5 Å². The molecule has 2 atom stereocenters. The minimum atomic E-state index is -5.38. The molecule has 14 heteroatoms. The molecular formula is C32H32F4N4O6. The molecule has 244 valence electrons. The van der Waals surface area contributed by atoms with Crippen LogP contribution in [0.5, 0.6) is 5.75 Å². The fourth-order valence-corrected chi connectivity index (χ4v) is 5.33. The maximum atomic E-state index is 14.8. The minimum Gasteiger partial charge on any atom is -0.489 e. The van der Waals surface area contributed by atoms with Crippen LogP contribution in [0.2, 0.25) is 0 Å². The van der Waals surface area contributed by atoms with Gasteiger partial charge in [0.05, 0.1) is 17.8 Å². The molecule has 3 heterocycles. The van der Waals surface area contributed by atoms with Gasteiger partial charge in [-0.05, 0) is 74.9 Å². The Balaban J connectivity index is 1.56. The first-order chi connectivity index (χ1) is 21.3. The highest BCUT2D eigenvalue weighted by Crippen LogP contribution is 2.48. The number of amides is 3. The Morgan fingerprint density at radius 1 is 1.04 bits per heavy atom. The first-order valence-corrected chi connectivity index (χ1v) is 14.3. The number of pyridine rings is 1. The lowest BCUT2D eigenvalue weighted by atomic mass is 9.81. The van der Waals surface area contributed by atoms with Crippen LogP contribution in [-0.2, 0) is 22.4 Å². The van der Waals surface area contributed by atoms with Crippen molar-refractivity contribution in [2.45, 2.75) is 50.1 Å². The largest absolute Gasteiger partial charge is 0.489 e. The number of carbonyl (C=O) groups is 3. The Kier molecular flexibility index (Phi) is 8.10. The SMILES string of the molecule is CN1Cc2cc(C(=O)NCC(O)(c3cc4c(c(-c5ccc(F)cc5)n3)OC[C@]4(C)C(=O)NCC(C)(C)O)C(F)(F)F)ccc2C1=O. The number of ether oxygens (including phenoxy) is 1. The number of nitrogens with one attached hydrogen (secondary N) is 2. The predicted molar refractivity (Wildman–Crippen MR) is 156 cm³/mol. The number of rotatable bonds is 8. The lowest BCUT2D eigenvalue weighted by Crippen LogP contribution is -2.52. The Morgan fingerprint density at radius 3 is 2.35 bits per heavy atom. The maximum absolute atomic E-state index is 14.8. The molecule has 3 amide bonds. The van der Waals surface area contributed by atoms with Crippen molar-refractivity contribution in [3.05, 3.63) is 82.3 Å². The molecule has 0 radical (unpaired) electrons. The average Bonchev–Trinajstić information content (AvgIpc) is 3.48. The summed E-state index contributed by atoms with van der Waals surface area (Å²) < 4.78 is 63.9. The number of benzene rings is 2. The van der Waals surface area contributed by atoms with Gasteiger partial charge in [-0.3, -0.25) is 14.4 Å². The van der Waals surface area contributed by atoms with E-state index in [1.54, 1.807) is 7.05 Å². The van der Waals surface area contributed by atoms with Crippen molar-refractivity contribution in [2.24, 2.45) is 0 Å². The van der Waals surface area contributed by atoms with Gasteiger partial charge in [-0.25, -0.2) is 9.37 Å². The van der Waals surface area contributed by atoms with Crippen molar-refractivity contribution in [2.75, 3.05) is 26.7 Å². The van der Waals surface area contributed by atoms with E-state index < -0.39 is 52.7 Å². The standard InChI is InChI=1S/C32H32F4N4O6/c1-29(2,44)14-38-28(43)30(3)16-46-25-22(30)12-23(39-24(25)17-5-8-20(33)9-6-17)31(45,32(34,35)36)15-37-26(41)18-7-10-21-19(11-18)13-40(4)27(21)42/h5-12,44-45H,13-16H2,1-4H3,(H,37,41)(H,38,43)/t30-,31?/m0/s1. The number of hydrogen-bond donors (Lipinski definition) is 4. The highest BCUT2D eigenvalue weighted by atomic mass is 19.4. The van der Waals surface area contributed by atoms with Crippen LogP contribution in [0.25, 0.3) is 11.3 Å². The summed E-state index contributed by atoms with van der Waals surface area (Å²) in [5.74, 6) is -2.52. The number of nitrogens with zero attached hydrogens (tertiary/aromatic N) is 2. The Hall–Kier alpha value is -4.56. The third-order valence-electron chi connectivity index (χ3n) is 8.12. The molecule has 2 aromatic carbocycles. The van der Waals surface area contributed by atoms with Gasteiger partial charge in [0, 0.05) is 42.4 Å². The zero-order valence-electron chi connectivity index (χ0n) is 25.4. The molecule has 0 saturated carbocycles. The maximum Gasteiger partial charge on any atom is 0.424 e. The molecule has 10 nitrogen and oxygen atoms in total. The summed E-state index contributed by atoms with van der Waals surface area (Å²) in [6.45, 7) is 2.73. The second-order valence-corrected chi connectivity index (χ2v) is 12.4. The van der Waals surface area contributed by atoms with Gasteiger partial charge in [0.25, 0.3) is 11.8 Å². The summed E-state index contributed by atoms with van der Waals surface area (Å²) in [4.78, 5) is 44.2. The normalized spacial score (nSPS) is 18.8. The summed E-state index contributed by atoms with van der Waals surface area (Å²) in [5.41, 5.74) is -6.78. The summed E-state index contributed by atoms with van der Waals surface area (Å²) in [5, 5.41) is 26.1. The van der Waals surface area contributed by atoms with E-state index in [1.807, 2.05) is 0 Å². The third kappa shape index (κ3) is 5.89. The first-order valence-electron chi connectivity index (χ1n) is 14.3. The second kappa shape index (κ2) is 11.4. The van der Waals surface area contributed by atoms with Gasteiger partial charge in [0.15, 0.2) is 0 Å². The Morgan fingerprint density at radius 2 is 1.72 bits per heavy atom. The summed E-state index contributed by atoms with van der Waals surface area (Å²) in [7, 11) is 1.57. The van der Waals surface area contributed by atoms with Crippen LogP contribution in [0.1, 0.15) is 58.3 Å². The molecule has 5 rings (SSSR count). The molecule has 46 heavy (non-hydrogen) atoms. The van der Waals surface area contributed by atoms with Gasteiger partial charge in [0.2, 0.25) is 11.5 Å². The van der Waals surface area contributed by atoms with Crippen LogP contribution in [0, 0.1) is 5.82 Å². The molecule has 3 aromatic rings. The van der Waals surface area contributed by atoms with Gasteiger partial charge >= 0.3 is 6.18 Å². The van der Waals surface area contributed by atoms with Gasteiger partial charge in [-0.2, -0.15) is 13.2 Å². The predicted octanol–water partition coefficient (Wildman–Crippen LogP) is 3.19. The van der Waals surface area contributed by atoms with Crippen molar-refractivity contribution in [3.63, 3.8) is 0 Å². The van der Waals surface area contributed by atoms with Crippen LogP contribution in [0.3, 0.4) is 0 Å².